The highest BCUT2D eigenvalue weighted by atomic mass is 32.2. The van der Waals surface area contributed by atoms with Crippen LogP contribution in [0.3, 0.4) is 0 Å². The van der Waals surface area contributed by atoms with Gasteiger partial charge in [-0.25, -0.2) is 13.2 Å². The molecule has 1 aromatic carbocycles. The molecule has 2 amide bonds. The number of carbonyl (C=O) groups excluding carboxylic acids is 2. The second-order valence-corrected chi connectivity index (χ2v) is 8.93. The number of hydrogen-bond acceptors (Lipinski definition) is 6. The minimum Gasteiger partial charge on any atom is -0.497 e. The van der Waals surface area contributed by atoms with E-state index in [0.29, 0.717) is 5.75 Å². The minimum absolute atomic E-state index is 0.132. The van der Waals surface area contributed by atoms with Gasteiger partial charge in [0.2, 0.25) is 15.9 Å². The normalized spacial score (nSPS) is 16.4. The summed E-state index contributed by atoms with van der Waals surface area (Å²) >= 11 is 0. The van der Waals surface area contributed by atoms with Crippen LogP contribution in [0.4, 0.5) is 4.79 Å². The number of benzene rings is 1. The van der Waals surface area contributed by atoms with Crippen molar-refractivity contribution in [2.24, 2.45) is 5.92 Å². The monoisotopic (exact) mass is 427 g/mol. The van der Waals surface area contributed by atoms with Gasteiger partial charge >= 0.3 is 6.09 Å². The SMILES string of the molecule is CCOC(=O)NC(C(=O)N1CCN(S(=O)(=O)c2ccc(OC)cc2)CC1)C(C)C. The van der Waals surface area contributed by atoms with Crippen molar-refractivity contribution in [2.45, 2.75) is 31.7 Å². The number of nitrogens with one attached hydrogen (secondary N) is 1. The van der Waals surface area contributed by atoms with E-state index >= 15 is 0 Å². The van der Waals surface area contributed by atoms with Crippen LogP contribution in [0, 0.1) is 5.92 Å². The van der Waals surface area contributed by atoms with Crippen LogP contribution in [0.15, 0.2) is 29.2 Å². The summed E-state index contributed by atoms with van der Waals surface area (Å²) in [4.78, 5) is 26.3. The number of sulfonamides is 1. The summed E-state index contributed by atoms with van der Waals surface area (Å²) in [5, 5.41) is 2.60. The topological polar surface area (TPSA) is 105 Å². The van der Waals surface area contributed by atoms with Crippen LogP contribution in [-0.2, 0) is 19.6 Å². The predicted molar refractivity (Wildman–Crippen MR) is 107 cm³/mol. The summed E-state index contributed by atoms with van der Waals surface area (Å²) in [6.07, 6.45) is -0.639. The van der Waals surface area contributed by atoms with Gasteiger partial charge in [-0.15, -0.1) is 0 Å². The lowest BCUT2D eigenvalue weighted by atomic mass is 10.0. The summed E-state index contributed by atoms with van der Waals surface area (Å²) < 4.78 is 37.0. The van der Waals surface area contributed by atoms with Crippen LogP contribution in [-0.4, -0.2) is 75.6 Å². The Morgan fingerprint density at radius 3 is 2.17 bits per heavy atom. The van der Waals surface area contributed by atoms with E-state index in [-0.39, 0.29) is 49.5 Å². The van der Waals surface area contributed by atoms with Crippen LogP contribution in [0.1, 0.15) is 20.8 Å². The van der Waals surface area contributed by atoms with Crippen LogP contribution in [0.5, 0.6) is 5.75 Å². The molecule has 0 bridgehead atoms. The van der Waals surface area contributed by atoms with Gasteiger partial charge in [0.15, 0.2) is 0 Å². The molecule has 0 spiro atoms. The molecule has 10 heteroatoms. The molecule has 1 aliphatic rings. The molecular weight excluding hydrogens is 398 g/mol. The van der Waals surface area contributed by atoms with Crippen LogP contribution in [0.25, 0.3) is 0 Å². The molecular formula is C19H29N3O6S. The maximum absolute atomic E-state index is 12.9. The Morgan fingerprint density at radius 1 is 1.10 bits per heavy atom. The van der Waals surface area contributed by atoms with Gasteiger partial charge in [-0.3, -0.25) is 4.79 Å². The smallest absolute Gasteiger partial charge is 0.407 e. The molecule has 1 atom stereocenters. The molecule has 1 fully saturated rings. The highest BCUT2D eigenvalue weighted by molar-refractivity contribution is 7.89. The molecule has 1 aliphatic heterocycles. The molecule has 1 aromatic rings. The summed E-state index contributed by atoms with van der Waals surface area (Å²) in [5.74, 6) is 0.204. The Bertz CT molecular complexity index is 802. The Kier molecular flexibility index (Phi) is 7.86. The van der Waals surface area contributed by atoms with Gasteiger partial charge in [0.1, 0.15) is 11.8 Å². The third-order valence-electron chi connectivity index (χ3n) is 4.73. The minimum atomic E-state index is -3.65. The zero-order valence-corrected chi connectivity index (χ0v) is 18.1. The standard InChI is InChI=1S/C19H29N3O6S/c1-5-28-19(24)20-17(14(2)3)18(23)21-10-12-22(13-11-21)29(25,26)16-8-6-15(27-4)7-9-16/h6-9,14,17H,5,10-13H2,1-4H3,(H,20,24). The van der Waals surface area contributed by atoms with Crippen LogP contribution in [0.2, 0.25) is 0 Å². The van der Waals surface area contributed by atoms with Crippen molar-refractivity contribution in [1.29, 1.82) is 0 Å². The zero-order valence-electron chi connectivity index (χ0n) is 17.3. The van der Waals surface area contributed by atoms with E-state index < -0.39 is 22.2 Å². The molecule has 162 valence electrons. The van der Waals surface area contributed by atoms with E-state index in [1.807, 2.05) is 13.8 Å². The number of ether oxygens (including phenoxy) is 2. The van der Waals surface area contributed by atoms with E-state index in [1.54, 1.807) is 24.0 Å². The number of carbonyl (C=O) groups is 2. The van der Waals surface area contributed by atoms with Gasteiger partial charge in [-0.1, -0.05) is 13.8 Å². The first-order chi connectivity index (χ1) is 13.7. The fraction of sp³-hybridized carbons (Fsp3) is 0.579. The van der Waals surface area contributed by atoms with E-state index in [9.17, 15) is 18.0 Å². The van der Waals surface area contributed by atoms with E-state index in [2.05, 4.69) is 5.32 Å². The highest BCUT2D eigenvalue weighted by Crippen LogP contribution is 2.21. The predicted octanol–water partition coefficient (Wildman–Crippen LogP) is 1.30. The van der Waals surface area contributed by atoms with E-state index in [4.69, 9.17) is 9.47 Å². The lowest BCUT2D eigenvalue weighted by molar-refractivity contribution is -0.135. The molecule has 29 heavy (non-hydrogen) atoms. The second kappa shape index (κ2) is 9.93. The van der Waals surface area contributed by atoms with Crippen molar-refractivity contribution in [3.05, 3.63) is 24.3 Å². The molecule has 1 N–H and O–H groups in total. The third-order valence-corrected chi connectivity index (χ3v) is 6.64. The van der Waals surface area contributed by atoms with E-state index in [0.717, 1.165) is 0 Å². The Labute approximate surface area is 172 Å². The van der Waals surface area contributed by atoms with Crippen molar-refractivity contribution < 1.29 is 27.5 Å². The Balaban J connectivity index is 2.02. The first-order valence-electron chi connectivity index (χ1n) is 9.57. The van der Waals surface area contributed by atoms with Crippen molar-refractivity contribution in [3.8, 4) is 5.75 Å². The van der Waals surface area contributed by atoms with Gasteiger partial charge in [0.05, 0.1) is 18.6 Å². The second-order valence-electron chi connectivity index (χ2n) is 6.99. The summed E-state index contributed by atoms with van der Waals surface area (Å²) in [6.45, 7) is 6.44. The fourth-order valence-electron chi connectivity index (χ4n) is 3.06. The van der Waals surface area contributed by atoms with Gasteiger partial charge < -0.3 is 19.7 Å². The number of alkyl carbamates (subject to hydrolysis) is 1. The summed E-state index contributed by atoms with van der Waals surface area (Å²) in [6, 6.07) is 5.48. The maximum Gasteiger partial charge on any atom is 0.407 e. The molecule has 0 radical (unpaired) electrons. The molecule has 0 saturated carbocycles. The zero-order chi connectivity index (χ0) is 21.6. The van der Waals surface area contributed by atoms with Gasteiger partial charge in [-0.2, -0.15) is 4.31 Å². The number of piperazine rings is 1. The van der Waals surface area contributed by atoms with Crippen molar-refractivity contribution in [1.82, 2.24) is 14.5 Å². The first kappa shape index (κ1) is 23.0. The van der Waals surface area contributed by atoms with Crippen molar-refractivity contribution in [3.63, 3.8) is 0 Å². The Morgan fingerprint density at radius 2 is 1.69 bits per heavy atom. The number of amides is 2. The highest BCUT2D eigenvalue weighted by Gasteiger charge is 2.34. The largest absolute Gasteiger partial charge is 0.497 e. The molecule has 1 heterocycles. The maximum atomic E-state index is 12.9. The van der Waals surface area contributed by atoms with E-state index in [1.165, 1.54) is 23.5 Å². The number of nitrogens with zero attached hydrogens (tertiary/aromatic N) is 2. The number of rotatable bonds is 7. The average Bonchev–Trinajstić information content (AvgIpc) is 2.71. The lowest BCUT2D eigenvalue weighted by Crippen LogP contribution is -2.57. The molecule has 1 unspecified atom stereocenters. The molecule has 2 rings (SSSR count). The Hall–Kier alpha value is -2.33. The van der Waals surface area contributed by atoms with Crippen LogP contribution >= 0.6 is 0 Å². The van der Waals surface area contributed by atoms with Crippen LogP contribution < -0.4 is 10.1 Å². The molecule has 0 aromatic heterocycles. The average molecular weight is 428 g/mol. The summed E-state index contributed by atoms with van der Waals surface area (Å²) in [5.41, 5.74) is 0. The summed E-state index contributed by atoms with van der Waals surface area (Å²) in [7, 11) is -2.13. The van der Waals surface area contributed by atoms with Crippen molar-refractivity contribution in [2.75, 3.05) is 39.9 Å². The lowest BCUT2D eigenvalue weighted by Gasteiger charge is -2.36. The molecule has 0 aliphatic carbocycles. The molecule has 1 saturated heterocycles. The van der Waals surface area contributed by atoms with Gasteiger partial charge in [0.25, 0.3) is 0 Å². The van der Waals surface area contributed by atoms with Gasteiger partial charge in [0, 0.05) is 26.2 Å². The first-order valence-corrected chi connectivity index (χ1v) is 11.0. The fourth-order valence-corrected chi connectivity index (χ4v) is 4.48. The number of hydrogen-bond donors (Lipinski definition) is 1. The van der Waals surface area contributed by atoms with Crippen molar-refractivity contribution >= 4 is 22.0 Å². The third kappa shape index (κ3) is 5.60. The quantitative estimate of drug-likeness (QED) is 0.703. The van der Waals surface area contributed by atoms with Gasteiger partial charge in [-0.05, 0) is 37.1 Å². The molecule has 9 nitrogen and oxygen atoms in total. The number of methoxy groups -OCH3 is 1.